The third-order valence-electron chi connectivity index (χ3n) is 3.04. The molecular formula is C12H22O2. The number of hydrogen-bond donors (Lipinski definition) is 0. The van der Waals surface area contributed by atoms with Crippen molar-refractivity contribution in [1.29, 1.82) is 0 Å². The Labute approximate surface area is 87.0 Å². The maximum Gasteiger partial charge on any atom is 0.309 e. The van der Waals surface area contributed by atoms with Crippen molar-refractivity contribution in [3.63, 3.8) is 0 Å². The predicted molar refractivity (Wildman–Crippen MR) is 57.0 cm³/mol. The molecular weight excluding hydrogens is 176 g/mol. The van der Waals surface area contributed by atoms with Gasteiger partial charge in [-0.05, 0) is 25.7 Å². The zero-order chi connectivity index (χ0) is 10.4. The summed E-state index contributed by atoms with van der Waals surface area (Å²) in [6.45, 7) is 4.27. The van der Waals surface area contributed by atoms with Gasteiger partial charge in [0.2, 0.25) is 0 Å². The van der Waals surface area contributed by atoms with E-state index in [0.29, 0.717) is 0 Å². The number of hydrogen-bond acceptors (Lipinski definition) is 2. The fourth-order valence-corrected chi connectivity index (χ4v) is 2.03. The fourth-order valence-electron chi connectivity index (χ4n) is 2.03. The lowest BCUT2D eigenvalue weighted by Gasteiger charge is -2.07. The number of unbranched alkanes of at least 4 members (excludes halogenated alkanes) is 3. The first-order valence-electron chi connectivity index (χ1n) is 5.98. The van der Waals surface area contributed by atoms with Crippen molar-refractivity contribution in [2.75, 3.05) is 0 Å². The van der Waals surface area contributed by atoms with Gasteiger partial charge in [0.25, 0.3) is 0 Å². The van der Waals surface area contributed by atoms with Gasteiger partial charge in [0.15, 0.2) is 0 Å². The molecule has 0 unspecified atom stereocenters. The lowest BCUT2D eigenvalue weighted by atomic mass is 9.99. The second-order valence-corrected chi connectivity index (χ2v) is 4.25. The standard InChI is InChI=1S/C12H22O2/c1-3-5-6-7-8-11-9-10(4-2)12(13)14-11/h10-11H,3-9H2,1-2H3/t10-,11+/m0/s1. The van der Waals surface area contributed by atoms with Crippen LogP contribution >= 0.6 is 0 Å². The maximum atomic E-state index is 11.3. The Morgan fingerprint density at radius 2 is 2.07 bits per heavy atom. The number of ether oxygens (including phenoxy) is 1. The molecule has 0 bridgehead atoms. The summed E-state index contributed by atoms with van der Waals surface area (Å²) in [6.07, 6.45) is 8.25. The quantitative estimate of drug-likeness (QED) is 0.483. The molecule has 0 N–H and O–H groups in total. The van der Waals surface area contributed by atoms with Crippen LogP contribution < -0.4 is 0 Å². The van der Waals surface area contributed by atoms with Gasteiger partial charge in [0.05, 0.1) is 5.92 Å². The van der Waals surface area contributed by atoms with Crippen molar-refractivity contribution in [1.82, 2.24) is 0 Å². The van der Waals surface area contributed by atoms with Gasteiger partial charge in [0, 0.05) is 0 Å². The van der Waals surface area contributed by atoms with E-state index in [-0.39, 0.29) is 18.0 Å². The fraction of sp³-hybridized carbons (Fsp3) is 0.917. The predicted octanol–water partition coefficient (Wildman–Crippen LogP) is 3.30. The molecule has 2 atom stereocenters. The zero-order valence-electron chi connectivity index (χ0n) is 9.42. The van der Waals surface area contributed by atoms with Crippen molar-refractivity contribution in [2.24, 2.45) is 5.92 Å². The van der Waals surface area contributed by atoms with Crippen LogP contribution in [0.3, 0.4) is 0 Å². The molecule has 0 aliphatic carbocycles. The Hall–Kier alpha value is -0.530. The van der Waals surface area contributed by atoms with E-state index in [1.165, 1.54) is 25.7 Å². The SMILES string of the molecule is CCCCCC[C@@H]1C[C@H](CC)C(=O)O1. The molecule has 0 aromatic rings. The second kappa shape index (κ2) is 6.05. The molecule has 1 heterocycles. The van der Waals surface area contributed by atoms with E-state index in [1.54, 1.807) is 0 Å². The van der Waals surface area contributed by atoms with Gasteiger partial charge in [0.1, 0.15) is 6.10 Å². The average Bonchev–Trinajstić information content (AvgIpc) is 2.54. The van der Waals surface area contributed by atoms with Gasteiger partial charge in [-0.2, -0.15) is 0 Å². The van der Waals surface area contributed by atoms with Crippen molar-refractivity contribution >= 4 is 5.97 Å². The third-order valence-corrected chi connectivity index (χ3v) is 3.04. The first kappa shape index (κ1) is 11.5. The molecule has 1 fully saturated rings. The van der Waals surface area contributed by atoms with Crippen LogP contribution in [0.5, 0.6) is 0 Å². The van der Waals surface area contributed by atoms with Gasteiger partial charge in [-0.25, -0.2) is 0 Å². The van der Waals surface area contributed by atoms with Crippen LogP contribution in [0.25, 0.3) is 0 Å². The van der Waals surface area contributed by atoms with Crippen molar-refractivity contribution in [3.8, 4) is 0 Å². The molecule has 0 aromatic carbocycles. The summed E-state index contributed by atoms with van der Waals surface area (Å²) in [5.74, 6) is 0.221. The van der Waals surface area contributed by atoms with E-state index in [2.05, 4.69) is 13.8 Å². The first-order valence-corrected chi connectivity index (χ1v) is 5.98. The van der Waals surface area contributed by atoms with Crippen LogP contribution in [0.15, 0.2) is 0 Å². The lowest BCUT2D eigenvalue weighted by Crippen LogP contribution is -2.06. The second-order valence-electron chi connectivity index (χ2n) is 4.25. The minimum absolute atomic E-state index is 0.0352. The Morgan fingerprint density at radius 1 is 1.29 bits per heavy atom. The third kappa shape index (κ3) is 3.32. The molecule has 1 aliphatic heterocycles. The molecule has 14 heavy (non-hydrogen) atoms. The van der Waals surface area contributed by atoms with E-state index < -0.39 is 0 Å². The molecule has 2 heteroatoms. The molecule has 0 aromatic heterocycles. The number of rotatable bonds is 6. The van der Waals surface area contributed by atoms with Gasteiger partial charge >= 0.3 is 5.97 Å². The Morgan fingerprint density at radius 3 is 2.64 bits per heavy atom. The van der Waals surface area contributed by atoms with Crippen molar-refractivity contribution < 1.29 is 9.53 Å². The molecule has 82 valence electrons. The Kier molecular flexibility index (Phi) is 4.99. The van der Waals surface area contributed by atoms with Gasteiger partial charge in [-0.1, -0.05) is 33.1 Å². The minimum Gasteiger partial charge on any atom is -0.462 e. The summed E-state index contributed by atoms with van der Waals surface area (Å²) >= 11 is 0. The molecule has 1 aliphatic rings. The summed E-state index contributed by atoms with van der Waals surface area (Å²) < 4.78 is 5.31. The van der Waals surface area contributed by atoms with Crippen LogP contribution in [0.1, 0.15) is 58.8 Å². The number of carbonyl (C=O) groups is 1. The van der Waals surface area contributed by atoms with Crippen LogP contribution in [-0.4, -0.2) is 12.1 Å². The Balaban J connectivity index is 2.12. The van der Waals surface area contributed by atoms with Gasteiger partial charge in [-0.15, -0.1) is 0 Å². The average molecular weight is 198 g/mol. The molecule has 1 saturated heterocycles. The smallest absolute Gasteiger partial charge is 0.309 e. The summed E-state index contributed by atoms with van der Waals surface area (Å²) in [5.41, 5.74) is 0. The summed E-state index contributed by atoms with van der Waals surface area (Å²) in [7, 11) is 0. The molecule has 1 rings (SSSR count). The van der Waals surface area contributed by atoms with E-state index in [1.807, 2.05) is 0 Å². The first-order chi connectivity index (χ1) is 6.77. The van der Waals surface area contributed by atoms with E-state index in [9.17, 15) is 4.79 Å². The summed E-state index contributed by atoms with van der Waals surface area (Å²) in [4.78, 5) is 11.3. The largest absolute Gasteiger partial charge is 0.462 e. The molecule has 0 saturated carbocycles. The number of carbonyl (C=O) groups excluding carboxylic acids is 1. The zero-order valence-corrected chi connectivity index (χ0v) is 9.42. The molecule has 2 nitrogen and oxygen atoms in total. The van der Waals surface area contributed by atoms with Gasteiger partial charge in [-0.3, -0.25) is 4.79 Å². The van der Waals surface area contributed by atoms with E-state index in [4.69, 9.17) is 4.74 Å². The minimum atomic E-state index is 0.0352. The van der Waals surface area contributed by atoms with Gasteiger partial charge < -0.3 is 4.74 Å². The lowest BCUT2D eigenvalue weighted by molar-refractivity contribution is -0.144. The maximum absolute atomic E-state index is 11.3. The molecule has 0 amide bonds. The highest BCUT2D eigenvalue weighted by atomic mass is 16.5. The van der Waals surface area contributed by atoms with Crippen LogP contribution in [0.4, 0.5) is 0 Å². The summed E-state index contributed by atoms with van der Waals surface area (Å²) in [6, 6.07) is 0. The molecule has 0 radical (unpaired) electrons. The van der Waals surface area contributed by atoms with E-state index >= 15 is 0 Å². The monoisotopic (exact) mass is 198 g/mol. The van der Waals surface area contributed by atoms with Crippen LogP contribution in [0, 0.1) is 5.92 Å². The topological polar surface area (TPSA) is 26.3 Å². The van der Waals surface area contributed by atoms with Crippen LogP contribution in [0.2, 0.25) is 0 Å². The van der Waals surface area contributed by atoms with Crippen molar-refractivity contribution in [2.45, 2.75) is 64.9 Å². The number of esters is 1. The molecule has 0 spiro atoms. The summed E-state index contributed by atoms with van der Waals surface area (Å²) in [5, 5.41) is 0. The Bertz CT molecular complexity index is 177. The number of cyclic esters (lactones) is 1. The van der Waals surface area contributed by atoms with Crippen molar-refractivity contribution in [3.05, 3.63) is 0 Å². The highest BCUT2D eigenvalue weighted by molar-refractivity contribution is 5.74. The normalized spacial score (nSPS) is 26.6. The van der Waals surface area contributed by atoms with E-state index in [0.717, 1.165) is 19.3 Å². The highest BCUT2D eigenvalue weighted by Crippen LogP contribution is 2.27. The van der Waals surface area contributed by atoms with Crippen LogP contribution in [-0.2, 0) is 9.53 Å². The highest BCUT2D eigenvalue weighted by Gasteiger charge is 2.32.